The monoisotopic (exact) mass is 350 g/mol. The molecule has 0 aliphatic carbocycles. The molecule has 0 aliphatic rings. The van der Waals surface area contributed by atoms with Crippen molar-refractivity contribution in [2.45, 2.75) is 23.1 Å². The van der Waals surface area contributed by atoms with E-state index in [1.807, 2.05) is 18.2 Å². The Morgan fingerprint density at radius 1 is 1.13 bits per heavy atom. The number of nitrogens with two attached hydrogens (primary N) is 1. The highest BCUT2D eigenvalue weighted by molar-refractivity contribution is 7.99. The molecule has 0 atom stereocenters. The number of sulfonamides is 1. The Balaban J connectivity index is 2.16. The van der Waals surface area contributed by atoms with Crippen LogP contribution in [0.15, 0.2) is 58.3 Å². The number of nitrogens with one attached hydrogen (secondary N) is 1. The highest BCUT2D eigenvalue weighted by Gasteiger charge is 2.12. The molecule has 0 radical (unpaired) electrons. The number of carbonyl (C=O) groups is 1. The third-order valence-corrected chi connectivity index (χ3v) is 5.24. The van der Waals surface area contributed by atoms with Gasteiger partial charge >= 0.3 is 0 Å². The predicted octanol–water partition coefficient (Wildman–Crippen LogP) is 3.09. The fraction of sp³-hybridized carbons (Fsp3) is 0.188. The number of rotatable bonds is 6. The molecule has 3 N–H and O–H groups in total. The normalized spacial score (nSPS) is 11.2. The zero-order valence-corrected chi connectivity index (χ0v) is 14.3. The van der Waals surface area contributed by atoms with E-state index in [0.29, 0.717) is 11.3 Å². The Kier molecular flexibility index (Phi) is 5.81. The number of amides is 1. The van der Waals surface area contributed by atoms with Crippen LogP contribution in [0.4, 0.5) is 5.69 Å². The van der Waals surface area contributed by atoms with Crippen molar-refractivity contribution < 1.29 is 13.2 Å². The number of thioether (sulfide) groups is 1. The van der Waals surface area contributed by atoms with E-state index in [9.17, 15) is 13.2 Å². The van der Waals surface area contributed by atoms with Crippen molar-refractivity contribution >= 4 is 33.4 Å². The van der Waals surface area contributed by atoms with Gasteiger partial charge in [0.1, 0.15) is 0 Å². The lowest BCUT2D eigenvalue weighted by Gasteiger charge is -2.10. The summed E-state index contributed by atoms with van der Waals surface area (Å²) in [6, 6.07) is 13.2. The van der Waals surface area contributed by atoms with Crippen LogP contribution >= 0.6 is 11.8 Å². The van der Waals surface area contributed by atoms with Crippen molar-refractivity contribution in [2.24, 2.45) is 5.14 Å². The zero-order chi connectivity index (χ0) is 16.9. The van der Waals surface area contributed by atoms with Crippen LogP contribution < -0.4 is 10.5 Å². The lowest BCUT2D eigenvalue weighted by atomic mass is 10.2. The van der Waals surface area contributed by atoms with Crippen LogP contribution in [0, 0.1) is 0 Å². The average Bonchev–Trinajstić information content (AvgIpc) is 2.53. The number of hydrogen-bond acceptors (Lipinski definition) is 4. The lowest BCUT2D eigenvalue weighted by Crippen LogP contribution is -2.14. The summed E-state index contributed by atoms with van der Waals surface area (Å²) in [5, 5.41) is 7.81. The highest BCUT2D eigenvalue weighted by atomic mass is 32.2. The Hall–Kier alpha value is -1.83. The van der Waals surface area contributed by atoms with Gasteiger partial charge in [-0.3, -0.25) is 4.79 Å². The molecule has 1 amide bonds. The molecule has 122 valence electrons. The van der Waals surface area contributed by atoms with Gasteiger partial charge in [0.2, 0.25) is 10.0 Å². The van der Waals surface area contributed by atoms with Crippen molar-refractivity contribution in [3.63, 3.8) is 0 Å². The Morgan fingerprint density at radius 2 is 1.78 bits per heavy atom. The molecular weight excluding hydrogens is 332 g/mol. The molecule has 2 aromatic rings. The smallest absolute Gasteiger partial charge is 0.256 e. The molecule has 2 rings (SSSR count). The summed E-state index contributed by atoms with van der Waals surface area (Å²) in [5.74, 6) is 0.709. The summed E-state index contributed by atoms with van der Waals surface area (Å²) in [6.07, 6.45) is 1.02. The first-order valence-corrected chi connectivity index (χ1v) is 9.61. The number of hydrogen-bond donors (Lipinski definition) is 2. The van der Waals surface area contributed by atoms with Crippen molar-refractivity contribution in [1.82, 2.24) is 0 Å². The SMILES string of the molecule is CCCSc1ccccc1C(=O)Nc1ccc(S(N)(=O)=O)cc1. The van der Waals surface area contributed by atoms with Gasteiger partial charge in [-0.15, -0.1) is 11.8 Å². The average molecular weight is 350 g/mol. The third kappa shape index (κ3) is 4.82. The summed E-state index contributed by atoms with van der Waals surface area (Å²) in [6.45, 7) is 2.09. The first kappa shape index (κ1) is 17.5. The molecule has 2 aromatic carbocycles. The molecule has 0 bridgehead atoms. The molecule has 7 heteroatoms. The van der Waals surface area contributed by atoms with Gasteiger partial charge in [0.05, 0.1) is 10.5 Å². The molecule has 0 unspecified atom stereocenters. The molecule has 23 heavy (non-hydrogen) atoms. The summed E-state index contributed by atoms with van der Waals surface area (Å²) < 4.78 is 22.4. The van der Waals surface area contributed by atoms with E-state index in [4.69, 9.17) is 5.14 Å². The van der Waals surface area contributed by atoms with Crippen LogP contribution in [-0.2, 0) is 10.0 Å². The lowest BCUT2D eigenvalue weighted by molar-refractivity contribution is 0.102. The first-order chi connectivity index (χ1) is 10.9. The topological polar surface area (TPSA) is 89.3 Å². The van der Waals surface area contributed by atoms with E-state index in [2.05, 4.69) is 12.2 Å². The number of benzene rings is 2. The van der Waals surface area contributed by atoms with Gasteiger partial charge in [0.25, 0.3) is 5.91 Å². The summed E-state index contributed by atoms with van der Waals surface area (Å²) in [5.41, 5.74) is 1.11. The summed E-state index contributed by atoms with van der Waals surface area (Å²) in [7, 11) is -3.73. The van der Waals surface area contributed by atoms with Gasteiger partial charge in [-0.25, -0.2) is 13.6 Å². The van der Waals surface area contributed by atoms with E-state index >= 15 is 0 Å². The maximum absolute atomic E-state index is 12.4. The third-order valence-electron chi connectivity index (χ3n) is 3.03. The fourth-order valence-electron chi connectivity index (χ4n) is 1.92. The molecule has 0 aromatic heterocycles. The van der Waals surface area contributed by atoms with Crippen molar-refractivity contribution in [3.8, 4) is 0 Å². The Labute approximate surface area is 140 Å². The summed E-state index contributed by atoms with van der Waals surface area (Å²) >= 11 is 1.64. The van der Waals surface area contributed by atoms with E-state index in [-0.39, 0.29) is 10.8 Å². The number of anilines is 1. The van der Waals surface area contributed by atoms with Gasteiger partial charge in [0.15, 0.2) is 0 Å². The van der Waals surface area contributed by atoms with Crippen molar-refractivity contribution in [1.29, 1.82) is 0 Å². The standard InChI is InChI=1S/C16H18N2O3S2/c1-2-11-22-15-6-4-3-5-14(15)16(19)18-12-7-9-13(10-8-12)23(17,20)21/h3-10H,2,11H2,1H3,(H,18,19)(H2,17,20,21). The van der Waals surface area contributed by atoms with Gasteiger partial charge < -0.3 is 5.32 Å². The minimum atomic E-state index is -3.73. The Morgan fingerprint density at radius 3 is 2.39 bits per heavy atom. The zero-order valence-electron chi connectivity index (χ0n) is 12.7. The van der Waals surface area contributed by atoms with Crippen LogP contribution in [0.5, 0.6) is 0 Å². The quantitative estimate of drug-likeness (QED) is 0.784. The largest absolute Gasteiger partial charge is 0.322 e. The summed E-state index contributed by atoms with van der Waals surface area (Å²) in [4.78, 5) is 13.3. The molecule has 0 saturated carbocycles. The maximum Gasteiger partial charge on any atom is 0.256 e. The second kappa shape index (κ2) is 7.63. The van der Waals surface area contributed by atoms with Crippen LogP contribution in [0.25, 0.3) is 0 Å². The minimum absolute atomic E-state index is 0.00870. The highest BCUT2D eigenvalue weighted by Crippen LogP contribution is 2.24. The van der Waals surface area contributed by atoms with Gasteiger partial charge in [-0.1, -0.05) is 19.1 Å². The van der Waals surface area contributed by atoms with E-state index in [1.165, 1.54) is 24.3 Å². The Bertz CT molecular complexity index is 787. The molecule has 0 aliphatic heterocycles. The van der Waals surface area contributed by atoms with Crippen LogP contribution in [0.3, 0.4) is 0 Å². The number of primary sulfonamides is 1. The van der Waals surface area contributed by atoms with Gasteiger partial charge in [-0.2, -0.15) is 0 Å². The van der Waals surface area contributed by atoms with E-state index < -0.39 is 10.0 Å². The molecule has 0 spiro atoms. The van der Waals surface area contributed by atoms with Crippen LogP contribution in [-0.4, -0.2) is 20.1 Å². The maximum atomic E-state index is 12.4. The van der Waals surface area contributed by atoms with Gasteiger partial charge in [-0.05, 0) is 48.6 Å². The van der Waals surface area contributed by atoms with Crippen molar-refractivity contribution in [2.75, 3.05) is 11.1 Å². The van der Waals surface area contributed by atoms with Crippen LogP contribution in [0.1, 0.15) is 23.7 Å². The van der Waals surface area contributed by atoms with Crippen molar-refractivity contribution in [3.05, 3.63) is 54.1 Å². The first-order valence-electron chi connectivity index (χ1n) is 7.08. The molecule has 0 fully saturated rings. The van der Waals surface area contributed by atoms with E-state index in [1.54, 1.807) is 17.8 Å². The van der Waals surface area contributed by atoms with Gasteiger partial charge in [0, 0.05) is 10.6 Å². The molecule has 0 saturated heterocycles. The fourth-order valence-corrected chi connectivity index (χ4v) is 3.35. The molecule has 0 heterocycles. The molecular formula is C16H18N2O3S2. The van der Waals surface area contributed by atoms with E-state index in [0.717, 1.165) is 17.1 Å². The molecule has 5 nitrogen and oxygen atoms in total. The minimum Gasteiger partial charge on any atom is -0.322 e. The number of carbonyl (C=O) groups excluding carboxylic acids is 1. The second-order valence-electron chi connectivity index (χ2n) is 4.87. The van der Waals surface area contributed by atoms with Crippen LogP contribution in [0.2, 0.25) is 0 Å². The predicted molar refractivity (Wildman–Crippen MR) is 93.2 cm³/mol. The second-order valence-corrected chi connectivity index (χ2v) is 7.57.